The van der Waals surface area contributed by atoms with Gasteiger partial charge in [0.1, 0.15) is 11.4 Å². The number of hydrogen-bond acceptors (Lipinski definition) is 5. The van der Waals surface area contributed by atoms with E-state index < -0.39 is 0 Å². The van der Waals surface area contributed by atoms with Gasteiger partial charge in [-0.2, -0.15) is 0 Å². The van der Waals surface area contributed by atoms with Crippen LogP contribution in [0.15, 0.2) is 24.3 Å². The van der Waals surface area contributed by atoms with Crippen molar-refractivity contribution >= 4 is 11.6 Å². The summed E-state index contributed by atoms with van der Waals surface area (Å²) in [5, 5.41) is 9.99. The average Bonchev–Trinajstić information content (AvgIpc) is 2.44. The van der Waals surface area contributed by atoms with E-state index in [1.54, 1.807) is 18.2 Å². The van der Waals surface area contributed by atoms with Crippen LogP contribution in [-0.4, -0.2) is 28.2 Å². The predicted octanol–water partition coefficient (Wildman–Crippen LogP) is 2.59. The highest BCUT2D eigenvalue weighted by atomic mass is 16.3. The molecule has 2 aromatic rings. The first-order chi connectivity index (χ1) is 9.58. The zero-order chi connectivity index (χ0) is 14.7. The van der Waals surface area contributed by atoms with Crippen LogP contribution in [0.3, 0.4) is 0 Å². The van der Waals surface area contributed by atoms with E-state index in [2.05, 4.69) is 28.7 Å². The molecule has 0 radical (unpaired) electrons. The highest BCUT2D eigenvalue weighted by Crippen LogP contribution is 2.33. The molecule has 5 nitrogen and oxygen atoms in total. The van der Waals surface area contributed by atoms with Gasteiger partial charge in [-0.05, 0) is 32.9 Å². The number of rotatable bonds is 4. The van der Waals surface area contributed by atoms with Gasteiger partial charge < -0.3 is 15.7 Å². The lowest BCUT2D eigenvalue weighted by Crippen LogP contribution is -2.25. The second-order valence-electron chi connectivity index (χ2n) is 4.56. The molecule has 1 aromatic heterocycles. The standard InChI is InChI=1S/C15H20N4O/c1-4-19(5-2)15-17-10(3)13(16)14(18-15)11-8-6-7-9-12(11)20/h6-9,20H,4-5,16H2,1-3H3. The molecule has 106 valence electrons. The first-order valence-electron chi connectivity index (χ1n) is 6.75. The quantitative estimate of drug-likeness (QED) is 0.894. The summed E-state index contributed by atoms with van der Waals surface area (Å²) in [6.07, 6.45) is 0. The maximum Gasteiger partial charge on any atom is 0.226 e. The van der Waals surface area contributed by atoms with Crippen LogP contribution in [0, 0.1) is 6.92 Å². The molecule has 0 aliphatic heterocycles. The summed E-state index contributed by atoms with van der Waals surface area (Å²) < 4.78 is 0. The number of nitrogen functional groups attached to an aromatic ring is 1. The Morgan fingerprint density at radius 1 is 1.15 bits per heavy atom. The minimum atomic E-state index is 0.169. The van der Waals surface area contributed by atoms with E-state index in [0.717, 1.165) is 18.8 Å². The number of anilines is 2. The van der Waals surface area contributed by atoms with E-state index >= 15 is 0 Å². The van der Waals surface area contributed by atoms with E-state index in [1.165, 1.54) is 0 Å². The lowest BCUT2D eigenvalue weighted by Gasteiger charge is -2.20. The number of phenols is 1. The molecule has 3 N–H and O–H groups in total. The number of benzene rings is 1. The van der Waals surface area contributed by atoms with Crippen LogP contribution < -0.4 is 10.6 Å². The Bertz CT molecular complexity index is 609. The molecule has 0 spiro atoms. The normalized spacial score (nSPS) is 10.6. The highest BCUT2D eigenvalue weighted by Gasteiger charge is 2.16. The number of aromatic nitrogens is 2. The van der Waals surface area contributed by atoms with Crippen LogP contribution in [0.25, 0.3) is 11.3 Å². The van der Waals surface area contributed by atoms with E-state index in [0.29, 0.717) is 22.9 Å². The zero-order valence-electron chi connectivity index (χ0n) is 12.1. The molecule has 0 saturated carbocycles. The number of hydrogen-bond donors (Lipinski definition) is 2. The number of phenolic OH excluding ortho intramolecular Hbond substituents is 1. The lowest BCUT2D eigenvalue weighted by molar-refractivity contribution is 0.477. The van der Waals surface area contributed by atoms with Gasteiger partial charge in [0.2, 0.25) is 5.95 Å². The van der Waals surface area contributed by atoms with Gasteiger partial charge in [0.25, 0.3) is 0 Å². The van der Waals surface area contributed by atoms with Crippen LogP contribution >= 0.6 is 0 Å². The summed E-state index contributed by atoms with van der Waals surface area (Å²) in [5.74, 6) is 0.808. The third kappa shape index (κ3) is 2.52. The molecule has 0 amide bonds. The maximum absolute atomic E-state index is 9.99. The summed E-state index contributed by atoms with van der Waals surface area (Å²) in [5.41, 5.74) is 8.52. The van der Waals surface area contributed by atoms with Crippen LogP contribution in [-0.2, 0) is 0 Å². The molecule has 0 fully saturated rings. The van der Waals surface area contributed by atoms with Gasteiger partial charge in [-0.15, -0.1) is 0 Å². The monoisotopic (exact) mass is 272 g/mol. The Kier molecular flexibility index (Phi) is 4.08. The Hall–Kier alpha value is -2.30. The number of nitrogens with two attached hydrogens (primary N) is 1. The van der Waals surface area contributed by atoms with Crippen molar-refractivity contribution in [2.24, 2.45) is 0 Å². The predicted molar refractivity (Wildman–Crippen MR) is 81.8 cm³/mol. The van der Waals surface area contributed by atoms with Crippen LogP contribution in [0.5, 0.6) is 5.75 Å². The molecule has 0 saturated heterocycles. The van der Waals surface area contributed by atoms with Gasteiger partial charge in [-0.25, -0.2) is 9.97 Å². The van der Waals surface area contributed by atoms with Crippen molar-refractivity contribution < 1.29 is 5.11 Å². The number of aryl methyl sites for hydroxylation is 1. The van der Waals surface area contributed by atoms with Crippen molar-refractivity contribution in [3.05, 3.63) is 30.0 Å². The number of aromatic hydroxyl groups is 1. The Morgan fingerprint density at radius 3 is 2.40 bits per heavy atom. The van der Waals surface area contributed by atoms with Crippen LogP contribution in [0.2, 0.25) is 0 Å². The van der Waals surface area contributed by atoms with Crippen molar-refractivity contribution in [1.82, 2.24) is 9.97 Å². The molecule has 0 aliphatic rings. The van der Waals surface area contributed by atoms with E-state index in [-0.39, 0.29) is 5.75 Å². The molecule has 0 unspecified atom stereocenters. The van der Waals surface area contributed by atoms with Gasteiger partial charge in [0, 0.05) is 18.7 Å². The third-order valence-electron chi connectivity index (χ3n) is 3.33. The summed E-state index contributed by atoms with van der Waals surface area (Å²) >= 11 is 0. The van der Waals surface area contributed by atoms with Gasteiger partial charge >= 0.3 is 0 Å². The zero-order valence-corrected chi connectivity index (χ0v) is 12.1. The second kappa shape index (κ2) is 5.77. The fourth-order valence-corrected chi connectivity index (χ4v) is 2.09. The molecule has 0 bridgehead atoms. The first-order valence-corrected chi connectivity index (χ1v) is 6.75. The minimum absolute atomic E-state index is 0.169. The molecule has 0 atom stereocenters. The van der Waals surface area contributed by atoms with Crippen molar-refractivity contribution in [1.29, 1.82) is 0 Å². The largest absolute Gasteiger partial charge is 0.507 e. The van der Waals surface area contributed by atoms with Gasteiger partial charge in [0.05, 0.1) is 11.4 Å². The molecule has 1 aromatic carbocycles. The average molecular weight is 272 g/mol. The van der Waals surface area contributed by atoms with E-state index in [9.17, 15) is 5.11 Å². The lowest BCUT2D eigenvalue weighted by atomic mass is 10.1. The first kappa shape index (κ1) is 14.1. The highest BCUT2D eigenvalue weighted by molar-refractivity contribution is 5.78. The van der Waals surface area contributed by atoms with Crippen LogP contribution in [0.1, 0.15) is 19.5 Å². The molecule has 2 rings (SSSR count). The fourth-order valence-electron chi connectivity index (χ4n) is 2.09. The van der Waals surface area contributed by atoms with E-state index in [4.69, 9.17) is 5.73 Å². The Labute approximate surface area is 119 Å². The topological polar surface area (TPSA) is 75.3 Å². The van der Waals surface area contributed by atoms with Crippen molar-refractivity contribution in [3.8, 4) is 17.0 Å². The summed E-state index contributed by atoms with van der Waals surface area (Å²) in [6, 6.07) is 7.06. The smallest absolute Gasteiger partial charge is 0.226 e. The van der Waals surface area contributed by atoms with Gasteiger partial charge in [0.15, 0.2) is 0 Å². The minimum Gasteiger partial charge on any atom is -0.507 e. The summed E-state index contributed by atoms with van der Waals surface area (Å²) in [7, 11) is 0. The van der Waals surface area contributed by atoms with Crippen molar-refractivity contribution in [3.63, 3.8) is 0 Å². The number of nitrogens with zero attached hydrogens (tertiary/aromatic N) is 3. The van der Waals surface area contributed by atoms with Crippen LogP contribution in [0.4, 0.5) is 11.6 Å². The molecular formula is C15H20N4O. The van der Waals surface area contributed by atoms with Gasteiger partial charge in [-0.3, -0.25) is 0 Å². The third-order valence-corrected chi connectivity index (χ3v) is 3.33. The maximum atomic E-state index is 9.99. The Morgan fingerprint density at radius 2 is 1.80 bits per heavy atom. The second-order valence-corrected chi connectivity index (χ2v) is 4.56. The molecule has 20 heavy (non-hydrogen) atoms. The summed E-state index contributed by atoms with van der Waals surface area (Å²) in [4.78, 5) is 11.0. The fraction of sp³-hybridized carbons (Fsp3) is 0.333. The summed E-state index contributed by atoms with van der Waals surface area (Å²) in [6.45, 7) is 7.60. The molecule has 1 heterocycles. The number of para-hydroxylation sites is 1. The van der Waals surface area contributed by atoms with E-state index in [1.807, 2.05) is 13.0 Å². The van der Waals surface area contributed by atoms with Crippen molar-refractivity contribution in [2.75, 3.05) is 23.7 Å². The Balaban J connectivity index is 2.61. The SMILES string of the molecule is CCN(CC)c1nc(C)c(N)c(-c2ccccc2O)n1. The van der Waals surface area contributed by atoms with Gasteiger partial charge in [-0.1, -0.05) is 12.1 Å². The van der Waals surface area contributed by atoms with Crippen molar-refractivity contribution in [2.45, 2.75) is 20.8 Å². The molecule has 0 aliphatic carbocycles. The molecule has 5 heteroatoms. The molecular weight excluding hydrogens is 252 g/mol.